The second-order valence-corrected chi connectivity index (χ2v) is 5.99. The Hall–Kier alpha value is -3.22. The van der Waals surface area contributed by atoms with E-state index in [1.54, 1.807) is 0 Å². The summed E-state index contributed by atoms with van der Waals surface area (Å²) in [6.07, 6.45) is -0.209. The van der Waals surface area contributed by atoms with Gasteiger partial charge in [0.25, 0.3) is 0 Å². The van der Waals surface area contributed by atoms with Gasteiger partial charge < -0.3 is 35.6 Å². The highest BCUT2D eigenvalue weighted by Gasteiger charge is 2.20. The van der Waals surface area contributed by atoms with Crippen molar-refractivity contribution in [1.29, 1.82) is 0 Å². The summed E-state index contributed by atoms with van der Waals surface area (Å²) in [6, 6.07) is -1.07. The SMILES string of the molecule is C.CC1CCOC1=O.NC(CCOC(=O)CCC(=O)O)C(=O)O.O=C(O)CCC(=O)O. The number of nitrogens with two attached hydrogens (primary N) is 1. The van der Waals surface area contributed by atoms with Crippen LogP contribution < -0.4 is 5.73 Å². The number of hydrogen-bond acceptors (Lipinski definition) is 9. The molecule has 0 aromatic rings. The topological polar surface area (TPSA) is 228 Å². The first-order chi connectivity index (χ1) is 13.9. The zero-order chi connectivity index (χ0) is 23.7. The Morgan fingerprint density at radius 3 is 1.74 bits per heavy atom. The fraction of sp³-hybridized carbons (Fsp3) is 0.667. The van der Waals surface area contributed by atoms with Crippen LogP contribution in [-0.2, 0) is 38.2 Å². The zero-order valence-corrected chi connectivity index (χ0v) is 16.4. The molecule has 1 aliphatic heterocycles. The molecule has 0 aromatic heterocycles. The van der Waals surface area contributed by atoms with Crippen molar-refractivity contribution in [2.45, 2.75) is 58.9 Å². The van der Waals surface area contributed by atoms with Crippen molar-refractivity contribution in [2.75, 3.05) is 13.2 Å². The number of carbonyl (C=O) groups excluding carboxylic acids is 2. The highest BCUT2D eigenvalue weighted by atomic mass is 16.5. The maximum Gasteiger partial charge on any atom is 0.320 e. The van der Waals surface area contributed by atoms with Gasteiger partial charge in [-0.1, -0.05) is 14.4 Å². The van der Waals surface area contributed by atoms with Gasteiger partial charge in [-0.15, -0.1) is 0 Å². The fourth-order valence-corrected chi connectivity index (χ4v) is 1.51. The third-order valence-corrected chi connectivity index (χ3v) is 3.30. The van der Waals surface area contributed by atoms with E-state index in [1.165, 1.54) is 0 Å². The van der Waals surface area contributed by atoms with Crippen LogP contribution in [0.25, 0.3) is 0 Å². The van der Waals surface area contributed by atoms with E-state index < -0.39 is 35.9 Å². The quantitative estimate of drug-likeness (QED) is 0.281. The summed E-state index contributed by atoms with van der Waals surface area (Å²) in [5.74, 6) is -4.97. The molecule has 13 heteroatoms. The smallest absolute Gasteiger partial charge is 0.320 e. The summed E-state index contributed by atoms with van der Waals surface area (Å²) >= 11 is 0. The molecule has 2 unspecified atom stereocenters. The summed E-state index contributed by atoms with van der Waals surface area (Å²) < 4.78 is 9.19. The van der Waals surface area contributed by atoms with Crippen LogP contribution in [0.2, 0.25) is 0 Å². The van der Waals surface area contributed by atoms with Gasteiger partial charge in [-0.05, 0) is 6.42 Å². The highest BCUT2D eigenvalue weighted by Crippen LogP contribution is 2.11. The Kier molecular flexibility index (Phi) is 19.7. The first-order valence-electron chi connectivity index (χ1n) is 8.82. The zero-order valence-electron chi connectivity index (χ0n) is 16.4. The van der Waals surface area contributed by atoms with Crippen LogP contribution in [0.1, 0.15) is 52.9 Å². The minimum Gasteiger partial charge on any atom is -0.481 e. The molecule has 1 fully saturated rings. The summed E-state index contributed by atoms with van der Waals surface area (Å²) in [5.41, 5.74) is 5.14. The molecule has 2 atom stereocenters. The first-order valence-corrected chi connectivity index (χ1v) is 8.82. The van der Waals surface area contributed by atoms with Gasteiger partial charge >= 0.3 is 35.8 Å². The van der Waals surface area contributed by atoms with Crippen molar-refractivity contribution < 1.29 is 58.7 Å². The average molecular weight is 453 g/mol. The molecule has 0 amide bonds. The highest BCUT2D eigenvalue weighted by molar-refractivity contribution is 5.77. The largest absolute Gasteiger partial charge is 0.481 e. The summed E-state index contributed by atoms with van der Waals surface area (Å²) in [4.78, 5) is 60.8. The lowest BCUT2D eigenvalue weighted by Gasteiger charge is -2.06. The number of esters is 2. The lowest BCUT2D eigenvalue weighted by molar-refractivity contribution is -0.148. The first kappa shape index (κ1) is 32.4. The van der Waals surface area contributed by atoms with Gasteiger partial charge in [0.1, 0.15) is 6.04 Å². The second kappa shape index (κ2) is 18.8. The van der Waals surface area contributed by atoms with Crippen LogP contribution in [0, 0.1) is 5.92 Å². The third kappa shape index (κ3) is 22.9. The Morgan fingerprint density at radius 2 is 1.45 bits per heavy atom. The second-order valence-electron chi connectivity index (χ2n) is 5.99. The van der Waals surface area contributed by atoms with Crippen LogP contribution in [0.5, 0.6) is 0 Å². The molecule has 0 saturated carbocycles. The lowest BCUT2D eigenvalue weighted by atomic mass is 10.2. The summed E-state index contributed by atoms with van der Waals surface area (Å²) in [7, 11) is 0. The molecule has 31 heavy (non-hydrogen) atoms. The molecule has 0 bridgehead atoms. The van der Waals surface area contributed by atoms with Crippen LogP contribution >= 0.6 is 0 Å². The molecular weight excluding hydrogens is 422 g/mol. The number of carboxylic acids is 4. The molecule has 0 spiro atoms. The summed E-state index contributed by atoms with van der Waals surface area (Å²) in [6.45, 7) is 2.39. The Labute approximate surface area is 179 Å². The van der Waals surface area contributed by atoms with Gasteiger partial charge in [0.2, 0.25) is 0 Å². The predicted octanol–water partition coefficient (Wildman–Crippen LogP) is 0.338. The van der Waals surface area contributed by atoms with E-state index >= 15 is 0 Å². The Bertz CT molecular complexity index is 590. The average Bonchev–Trinajstić information content (AvgIpc) is 3.02. The van der Waals surface area contributed by atoms with Crippen molar-refractivity contribution >= 4 is 35.8 Å². The van der Waals surface area contributed by atoms with Crippen LogP contribution in [0.15, 0.2) is 0 Å². The molecule has 1 saturated heterocycles. The van der Waals surface area contributed by atoms with Crippen molar-refractivity contribution in [3.8, 4) is 0 Å². The molecule has 13 nitrogen and oxygen atoms in total. The molecule has 0 aliphatic carbocycles. The predicted molar refractivity (Wildman–Crippen MR) is 104 cm³/mol. The molecule has 1 aliphatic rings. The lowest BCUT2D eigenvalue weighted by Crippen LogP contribution is -2.31. The van der Waals surface area contributed by atoms with Gasteiger partial charge in [-0.2, -0.15) is 0 Å². The molecule has 180 valence electrons. The minimum atomic E-state index is -1.17. The van der Waals surface area contributed by atoms with Crippen molar-refractivity contribution in [3.05, 3.63) is 0 Å². The molecule has 0 aromatic carbocycles. The Morgan fingerprint density at radius 1 is 1.00 bits per heavy atom. The molecular formula is C18H31NO12. The summed E-state index contributed by atoms with van der Waals surface area (Å²) in [5, 5.41) is 32.4. The molecule has 6 N–H and O–H groups in total. The number of cyclic esters (lactones) is 1. The number of carbonyl (C=O) groups is 6. The van der Waals surface area contributed by atoms with Crippen molar-refractivity contribution in [1.82, 2.24) is 0 Å². The molecule has 1 heterocycles. The van der Waals surface area contributed by atoms with Crippen molar-refractivity contribution in [2.24, 2.45) is 11.7 Å². The maximum atomic E-state index is 10.8. The molecule has 1 rings (SSSR count). The van der Waals surface area contributed by atoms with Gasteiger partial charge in [0, 0.05) is 6.42 Å². The van der Waals surface area contributed by atoms with Crippen LogP contribution in [0.3, 0.4) is 0 Å². The standard InChI is InChI=1S/C8H13NO6.C5H8O2.C4H6O4.CH4/c9-5(8(13)14)3-4-15-7(12)2-1-6(10)11;1-4-2-3-7-5(4)6;5-3(6)1-2-4(7)8;/h5H,1-4,9H2,(H,10,11)(H,13,14);4H,2-3H2,1H3;1-2H2,(H,5,6)(H,7,8);1H4. The van der Waals surface area contributed by atoms with Gasteiger partial charge in [-0.3, -0.25) is 28.8 Å². The van der Waals surface area contributed by atoms with E-state index in [0.29, 0.717) is 6.61 Å². The number of aliphatic carboxylic acids is 4. The van der Waals surface area contributed by atoms with Gasteiger partial charge in [0.15, 0.2) is 0 Å². The van der Waals surface area contributed by atoms with Gasteiger partial charge in [0.05, 0.1) is 44.8 Å². The number of ether oxygens (including phenoxy) is 2. The number of hydrogen-bond donors (Lipinski definition) is 5. The van der Waals surface area contributed by atoms with E-state index in [-0.39, 0.29) is 58.0 Å². The van der Waals surface area contributed by atoms with Crippen LogP contribution in [0.4, 0.5) is 0 Å². The Balaban J connectivity index is -0.000000412. The van der Waals surface area contributed by atoms with Crippen LogP contribution in [-0.4, -0.2) is 75.5 Å². The van der Waals surface area contributed by atoms with E-state index in [2.05, 4.69) is 9.47 Å². The van der Waals surface area contributed by atoms with E-state index in [0.717, 1.165) is 6.42 Å². The number of carboxylic acid groups (broad SMARTS) is 4. The van der Waals surface area contributed by atoms with Gasteiger partial charge in [-0.25, -0.2) is 0 Å². The van der Waals surface area contributed by atoms with Crippen molar-refractivity contribution in [3.63, 3.8) is 0 Å². The van der Waals surface area contributed by atoms with E-state index in [4.69, 9.17) is 26.2 Å². The van der Waals surface area contributed by atoms with E-state index in [1.807, 2.05) is 6.92 Å². The third-order valence-electron chi connectivity index (χ3n) is 3.30. The minimum absolute atomic E-state index is 0. The maximum absolute atomic E-state index is 10.8. The normalized spacial score (nSPS) is 14.8. The fourth-order valence-electron chi connectivity index (χ4n) is 1.51. The number of rotatable bonds is 10. The monoisotopic (exact) mass is 453 g/mol. The van der Waals surface area contributed by atoms with E-state index in [9.17, 15) is 28.8 Å². The molecule has 0 radical (unpaired) electrons.